The minimum Gasteiger partial charge on any atom is -0.379 e. The maximum absolute atomic E-state index is 10.9. The van der Waals surface area contributed by atoms with Crippen molar-refractivity contribution in [2.45, 2.75) is 7.43 Å². The third-order valence-corrected chi connectivity index (χ3v) is 2.40. The number of rotatable bonds is 2. The van der Waals surface area contributed by atoms with Gasteiger partial charge in [-0.3, -0.25) is 4.18 Å². The van der Waals surface area contributed by atoms with E-state index in [1.54, 1.807) is 4.31 Å². The average molecular weight is 181 g/mol. The van der Waals surface area contributed by atoms with Crippen molar-refractivity contribution in [1.82, 2.24) is 4.31 Å². The van der Waals surface area contributed by atoms with E-state index in [2.05, 4.69) is 4.18 Å². The predicted molar refractivity (Wildman–Crippen MR) is 44.3 cm³/mol. The Balaban J connectivity index is 0.000001000. The topological polar surface area (TPSA) is 38.8 Å². The molecule has 4 nitrogen and oxygen atoms in total. The Hall–Kier alpha value is 0.0300. The molecular formula is C6H15NO3S. The highest BCUT2D eigenvalue weighted by molar-refractivity contribution is 7.77. The van der Waals surface area contributed by atoms with Crippen molar-refractivity contribution in [3.05, 3.63) is 0 Å². The second-order valence-corrected chi connectivity index (χ2v) is 3.21. The zero-order valence-corrected chi connectivity index (χ0v) is 6.73. The number of nitrogens with zero attached hydrogens (tertiary/aromatic N) is 1. The molecule has 0 aromatic carbocycles. The van der Waals surface area contributed by atoms with Crippen LogP contribution in [-0.4, -0.2) is 41.9 Å². The van der Waals surface area contributed by atoms with Crippen molar-refractivity contribution >= 4 is 11.3 Å². The van der Waals surface area contributed by atoms with Gasteiger partial charge < -0.3 is 4.74 Å². The fourth-order valence-electron chi connectivity index (χ4n) is 0.801. The van der Waals surface area contributed by atoms with Gasteiger partial charge in [-0.1, -0.05) is 7.43 Å². The fraction of sp³-hybridized carbons (Fsp3) is 1.00. The van der Waals surface area contributed by atoms with E-state index >= 15 is 0 Å². The second-order valence-electron chi connectivity index (χ2n) is 1.93. The monoisotopic (exact) mass is 181 g/mol. The lowest BCUT2D eigenvalue weighted by molar-refractivity contribution is 0.0715. The number of ether oxygens (including phenoxy) is 1. The Morgan fingerprint density at radius 2 is 2.00 bits per heavy atom. The summed E-state index contributed by atoms with van der Waals surface area (Å²) in [6.45, 7) is 2.69. The van der Waals surface area contributed by atoms with Crippen LogP contribution in [0.2, 0.25) is 0 Å². The molecule has 0 N–H and O–H groups in total. The summed E-state index contributed by atoms with van der Waals surface area (Å²) in [5.41, 5.74) is 0. The van der Waals surface area contributed by atoms with Crippen molar-refractivity contribution in [3.8, 4) is 0 Å². The molecule has 0 amide bonds. The fourth-order valence-corrected chi connectivity index (χ4v) is 1.46. The van der Waals surface area contributed by atoms with E-state index in [0.29, 0.717) is 26.3 Å². The van der Waals surface area contributed by atoms with Gasteiger partial charge in [-0.2, -0.15) is 4.31 Å². The molecular weight excluding hydrogens is 166 g/mol. The zero-order valence-electron chi connectivity index (χ0n) is 5.91. The van der Waals surface area contributed by atoms with Crippen LogP contribution < -0.4 is 0 Å². The van der Waals surface area contributed by atoms with Gasteiger partial charge in [-0.05, 0) is 0 Å². The molecule has 1 heterocycles. The predicted octanol–water partition coefficient (Wildman–Crippen LogP) is 0.180. The molecule has 5 heteroatoms. The molecule has 0 spiro atoms. The quantitative estimate of drug-likeness (QED) is 0.610. The van der Waals surface area contributed by atoms with E-state index in [9.17, 15) is 4.21 Å². The van der Waals surface area contributed by atoms with Gasteiger partial charge in [0.15, 0.2) is 0 Å². The first kappa shape index (κ1) is 11.0. The van der Waals surface area contributed by atoms with Gasteiger partial charge in [0.25, 0.3) is 0 Å². The molecule has 68 valence electrons. The van der Waals surface area contributed by atoms with Crippen molar-refractivity contribution < 1.29 is 13.1 Å². The first-order chi connectivity index (χ1) is 4.84. The zero-order chi connectivity index (χ0) is 7.40. The van der Waals surface area contributed by atoms with Gasteiger partial charge in [-0.25, -0.2) is 4.21 Å². The first-order valence-corrected chi connectivity index (χ1v) is 4.17. The molecule has 0 bridgehead atoms. The lowest BCUT2D eigenvalue weighted by Crippen LogP contribution is -2.37. The van der Waals surface area contributed by atoms with Crippen LogP contribution in [0.15, 0.2) is 0 Å². The number of morpholine rings is 1. The summed E-state index contributed by atoms with van der Waals surface area (Å²) in [5, 5.41) is 0. The van der Waals surface area contributed by atoms with Crippen LogP contribution in [0.4, 0.5) is 0 Å². The van der Waals surface area contributed by atoms with Gasteiger partial charge in [0.05, 0.1) is 20.3 Å². The van der Waals surface area contributed by atoms with E-state index < -0.39 is 11.3 Å². The van der Waals surface area contributed by atoms with Gasteiger partial charge in [0, 0.05) is 13.1 Å². The molecule has 0 aliphatic carbocycles. The summed E-state index contributed by atoms with van der Waals surface area (Å²) >= 11 is -1.26. The van der Waals surface area contributed by atoms with Crippen LogP contribution >= 0.6 is 0 Å². The van der Waals surface area contributed by atoms with Gasteiger partial charge >= 0.3 is 0 Å². The van der Waals surface area contributed by atoms with Gasteiger partial charge in [0.1, 0.15) is 0 Å². The molecule has 1 fully saturated rings. The minimum atomic E-state index is -1.26. The van der Waals surface area contributed by atoms with E-state index in [-0.39, 0.29) is 7.43 Å². The number of hydrogen-bond donors (Lipinski definition) is 0. The highest BCUT2D eigenvalue weighted by Crippen LogP contribution is 2.00. The second kappa shape index (κ2) is 5.65. The van der Waals surface area contributed by atoms with E-state index in [0.717, 1.165) is 0 Å². The molecule has 1 unspecified atom stereocenters. The lowest BCUT2D eigenvalue weighted by Gasteiger charge is -2.23. The Kier molecular flexibility index (Phi) is 5.67. The average Bonchev–Trinajstić information content (AvgIpc) is 2.05. The maximum Gasteiger partial charge on any atom is 0.237 e. The van der Waals surface area contributed by atoms with Crippen LogP contribution in [0.1, 0.15) is 7.43 Å². The molecule has 1 aliphatic heterocycles. The summed E-state index contributed by atoms with van der Waals surface area (Å²) in [4.78, 5) is 0. The summed E-state index contributed by atoms with van der Waals surface area (Å²) in [6, 6.07) is 0. The molecule has 1 aliphatic rings. The van der Waals surface area contributed by atoms with Crippen molar-refractivity contribution in [2.75, 3.05) is 33.4 Å². The molecule has 0 aromatic rings. The van der Waals surface area contributed by atoms with Crippen molar-refractivity contribution in [2.24, 2.45) is 0 Å². The van der Waals surface area contributed by atoms with Crippen LogP contribution in [0, 0.1) is 0 Å². The Labute approximate surface area is 70.3 Å². The normalized spacial score (nSPS) is 22.3. The van der Waals surface area contributed by atoms with Crippen molar-refractivity contribution in [1.29, 1.82) is 0 Å². The maximum atomic E-state index is 10.9. The Morgan fingerprint density at radius 3 is 2.45 bits per heavy atom. The van der Waals surface area contributed by atoms with Crippen LogP contribution in [-0.2, 0) is 20.2 Å². The highest BCUT2D eigenvalue weighted by atomic mass is 32.2. The number of hydrogen-bond acceptors (Lipinski definition) is 3. The molecule has 11 heavy (non-hydrogen) atoms. The van der Waals surface area contributed by atoms with Crippen molar-refractivity contribution in [3.63, 3.8) is 0 Å². The van der Waals surface area contributed by atoms with Crippen LogP contribution in [0.25, 0.3) is 0 Å². The smallest absolute Gasteiger partial charge is 0.237 e. The minimum absolute atomic E-state index is 0. The first-order valence-electron chi connectivity index (χ1n) is 3.13. The van der Waals surface area contributed by atoms with Crippen LogP contribution in [0.5, 0.6) is 0 Å². The van der Waals surface area contributed by atoms with E-state index in [1.807, 2.05) is 0 Å². The molecule has 0 radical (unpaired) electrons. The summed E-state index contributed by atoms with van der Waals surface area (Å²) in [5.74, 6) is 0. The highest BCUT2D eigenvalue weighted by Gasteiger charge is 2.15. The SMILES string of the molecule is C.COS(=O)N1CCOCC1. The molecule has 1 saturated heterocycles. The third kappa shape index (κ3) is 3.29. The largest absolute Gasteiger partial charge is 0.379 e. The van der Waals surface area contributed by atoms with Gasteiger partial charge in [0.2, 0.25) is 11.3 Å². The Morgan fingerprint density at radius 1 is 1.45 bits per heavy atom. The summed E-state index contributed by atoms with van der Waals surface area (Å²) in [7, 11) is 1.44. The summed E-state index contributed by atoms with van der Waals surface area (Å²) < 4.78 is 22.4. The van der Waals surface area contributed by atoms with Gasteiger partial charge in [-0.15, -0.1) is 0 Å². The molecule has 0 aromatic heterocycles. The molecule has 1 rings (SSSR count). The molecule has 0 saturated carbocycles. The van der Waals surface area contributed by atoms with E-state index in [1.165, 1.54) is 7.11 Å². The Bertz CT molecular complexity index is 125. The van der Waals surface area contributed by atoms with Crippen LogP contribution in [0.3, 0.4) is 0 Å². The third-order valence-electron chi connectivity index (χ3n) is 1.32. The summed E-state index contributed by atoms with van der Waals surface area (Å²) in [6.07, 6.45) is 0. The standard InChI is InChI=1S/C5H11NO3S.CH4/c1-8-10(7)6-2-4-9-5-3-6;/h2-5H2,1H3;1H4. The van der Waals surface area contributed by atoms with E-state index in [4.69, 9.17) is 4.74 Å². The molecule has 1 atom stereocenters. The lowest BCUT2D eigenvalue weighted by atomic mass is 10.5.